The highest BCUT2D eigenvalue weighted by atomic mass is 16.7. The van der Waals surface area contributed by atoms with Gasteiger partial charge in [-0.2, -0.15) is 0 Å². The van der Waals surface area contributed by atoms with Gasteiger partial charge in [0.05, 0.1) is 12.1 Å². The largest absolute Gasteiger partial charge is 0.454 e. The summed E-state index contributed by atoms with van der Waals surface area (Å²) in [7, 11) is 0. The molecule has 158 valence electrons. The predicted octanol–water partition coefficient (Wildman–Crippen LogP) is 3.39. The average Bonchev–Trinajstić information content (AvgIpc) is 3.49. The van der Waals surface area contributed by atoms with Gasteiger partial charge in [0, 0.05) is 38.1 Å². The Morgan fingerprint density at radius 1 is 1.10 bits per heavy atom. The number of carbonyl (C=O) groups excluding carboxylic acids is 1. The van der Waals surface area contributed by atoms with Gasteiger partial charge in [0.1, 0.15) is 5.82 Å². The lowest BCUT2D eigenvalue weighted by Gasteiger charge is -2.37. The van der Waals surface area contributed by atoms with Crippen molar-refractivity contribution in [2.24, 2.45) is 5.92 Å². The van der Waals surface area contributed by atoms with Gasteiger partial charge in [-0.1, -0.05) is 18.9 Å². The first kappa shape index (κ1) is 19.2. The first-order valence-electron chi connectivity index (χ1n) is 11.0. The van der Waals surface area contributed by atoms with Gasteiger partial charge >= 0.3 is 0 Å². The second kappa shape index (κ2) is 8.50. The number of rotatable bonds is 5. The third kappa shape index (κ3) is 3.93. The Morgan fingerprint density at radius 3 is 2.80 bits per heavy atom. The van der Waals surface area contributed by atoms with Crippen LogP contribution in [-0.2, 0) is 11.3 Å². The fraction of sp³-hybridized carbons (Fsp3) is 0.522. The normalized spacial score (nSPS) is 21.1. The number of nitrogens with zero attached hydrogens (tertiary/aromatic N) is 4. The van der Waals surface area contributed by atoms with Crippen LogP contribution in [0.4, 0.5) is 5.82 Å². The minimum absolute atomic E-state index is 0.00429. The molecule has 1 aromatic carbocycles. The molecule has 1 atom stereocenters. The van der Waals surface area contributed by atoms with E-state index in [2.05, 4.69) is 25.8 Å². The van der Waals surface area contributed by atoms with Crippen molar-refractivity contribution in [3.63, 3.8) is 0 Å². The van der Waals surface area contributed by atoms with Crippen LogP contribution in [0.2, 0.25) is 0 Å². The Kier molecular flexibility index (Phi) is 5.43. The zero-order valence-corrected chi connectivity index (χ0v) is 17.2. The van der Waals surface area contributed by atoms with Gasteiger partial charge in [-0.05, 0) is 43.4 Å². The molecule has 0 radical (unpaired) electrons. The molecule has 7 heteroatoms. The Labute approximate surface area is 177 Å². The molecular formula is C23H28N4O3. The molecule has 1 aromatic heterocycles. The summed E-state index contributed by atoms with van der Waals surface area (Å²) in [6, 6.07) is 6.35. The maximum absolute atomic E-state index is 13.7. The summed E-state index contributed by atoms with van der Waals surface area (Å²) < 4.78 is 11.0. The molecule has 0 N–H and O–H groups in total. The van der Waals surface area contributed by atoms with Gasteiger partial charge in [0.2, 0.25) is 12.7 Å². The van der Waals surface area contributed by atoms with Crippen LogP contribution in [0, 0.1) is 5.92 Å². The third-order valence-electron chi connectivity index (χ3n) is 6.48. The van der Waals surface area contributed by atoms with Crippen molar-refractivity contribution in [1.82, 2.24) is 14.9 Å². The Bertz CT molecular complexity index is 885. The van der Waals surface area contributed by atoms with Crippen molar-refractivity contribution in [2.75, 3.05) is 24.8 Å². The minimum atomic E-state index is -0.00429. The summed E-state index contributed by atoms with van der Waals surface area (Å²) in [4.78, 5) is 26.7. The molecule has 2 aromatic rings. The maximum Gasteiger partial charge on any atom is 0.231 e. The van der Waals surface area contributed by atoms with Crippen molar-refractivity contribution in [3.8, 4) is 11.5 Å². The standard InChI is InChI=1S/C23H28N4O3/c28-23(18-4-3-11-26(15-18)22-13-24-9-10-25-22)27(19-5-1-2-6-19)14-17-7-8-20-21(12-17)30-16-29-20/h7-10,12-13,18-19H,1-6,11,14-16H2/t18-/m0/s1. The monoisotopic (exact) mass is 408 g/mol. The van der Waals surface area contributed by atoms with Gasteiger partial charge in [0.15, 0.2) is 11.5 Å². The van der Waals surface area contributed by atoms with Gasteiger partial charge < -0.3 is 19.3 Å². The van der Waals surface area contributed by atoms with Crippen molar-refractivity contribution in [1.29, 1.82) is 0 Å². The van der Waals surface area contributed by atoms with Gasteiger partial charge in [-0.25, -0.2) is 4.98 Å². The van der Waals surface area contributed by atoms with E-state index in [1.54, 1.807) is 18.6 Å². The summed E-state index contributed by atoms with van der Waals surface area (Å²) in [5.74, 6) is 2.68. The number of benzene rings is 1. The molecule has 5 rings (SSSR count). The zero-order chi connectivity index (χ0) is 20.3. The lowest BCUT2D eigenvalue weighted by Crippen LogP contribution is -2.47. The van der Waals surface area contributed by atoms with E-state index < -0.39 is 0 Å². The van der Waals surface area contributed by atoms with E-state index in [9.17, 15) is 4.79 Å². The fourth-order valence-electron chi connectivity index (χ4n) is 4.91. The fourth-order valence-corrected chi connectivity index (χ4v) is 4.91. The number of ether oxygens (including phenoxy) is 2. The molecule has 2 fully saturated rings. The zero-order valence-electron chi connectivity index (χ0n) is 17.2. The number of hydrogen-bond acceptors (Lipinski definition) is 6. The predicted molar refractivity (Wildman–Crippen MR) is 112 cm³/mol. The molecule has 0 bridgehead atoms. The average molecular weight is 409 g/mol. The topological polar surface area (TPSA) is 67.8 Å². The van der Waals surface area contributed by atoms with E-state index in [-0.39, 0.29) is 18.6 Å². The summed E-state index contributed by atoms with van der Waals surface area (Å²) in [6.07, 6.45) is 11.7. The molecular weight excluding hydrogens is 380 g/mol. The van der Waals surface area contributed by atoms with E-state index in [0.717, 1.165) is 55.1 Å². The molecule has 0 unspecified atom stereocenters. The Hall–Kier alpha value is -2.83. The van der Waals surface area contributed by atoms with Gasteiger partial charge in [-0.15, -0.1) is 0 Å². The van der Waals surface area contributed by atoms with Crippen LogP contribution in [-0.4, -0.2) is 46.7 Å². The van der Waals surface area contributed by atoms with Crippen molar-refractivity contribution >= 4 is 11.7 Å². The second-order valence-corrected chi connectivity index (χ2v) is 8.44. The summed E-state index contributed by atoms with van der Waals surface area (Å²) >= 11 is 0. The van der Waals surface area contributed by atoms with Crippen LogP contribution >= 0.6 is 0 Å². The van der Waals surface area contributed by atoms with E-state index in [1.807, 2.05) is 12.1 Å². The highest BCUT2D eigenvalue weighted by Gasteiger charge is 2.34. The highest BCUT2D eigenvalue weighted by Crippen LogP contribution is 2.34. The van der Waals surface area contributed by atoms with Crippen molar-refractivity contribution < 1.29 is 14.3 Å². The molecule has 30 heavy (non-hydrogen) atoms. The molecule has 1 amide bonds. The van der Waals surface area contributed by atoms with Crippen LogP contribution in [0.25, 0.3) is 0 Å². The Balaban J connectivity index is 1.34. The number of anilines is 1. The van der Waals surface area contributed by atoms with E-state index in [0.29, 0.717) is 19.1 Å². The molecule has 3 heterocycles. The van der Waals surface area contributed by atoms with Crippen LogP contribution in [0.1, 0.15) is 44.1 Å². The van der Waals surface area contributed by atoms with Crippen LogP contribution in [0.3, 0.4) is 0 Å². The third-order valence-corrected chi connectivity index (χ3v) is 6.48. The highest BCUT2D eigenvalue weighted by molar-refractivity contribution is 5.80. The number of carbonyl (C=O) groups is 1. The molecule has 7 nitrogen and oxygen atoms in total. The molecule has 1 aliphatic carbocycles. The first-order valence-corrected chi connectivity index (χ1v) is 11.0. The number of amides is 1. The summed E-state index contributed by atoms with van der Waals surface area (Å²) in [5, 5.41) is 0. The number of piperidine rings is 1. The summed E-state index contributed by atoms with van der Waals surface area (Å²) in [5.41, 5.74) is 1.10. The molecule has 1 saturated heterocycles. The van der Waals surface area contributed by atoms with Gasteiger partial charge in [0.25, 0.3) is 0 Å². The maximum atomic E-state index is 13.7. The quantitative estimate of drug-likeness (QED) is 0.755. The van der Waals surface area contributed by atoms with Crippen LogP contribution in [0.15, 0.2) is 36.8 Å². The number of hydrogen-bond donors (Lipinski definition) is 0. The van der Waals surface area contributed by atoms with Crippen LogP contribution in [0.5, 0.6) is 11.5 Å². The van der Waals surface area contributed by atoms with E-state index >= 15 is 0 Å². The number of fused-ring (bicyclic) bond motifs is 1. The lowest BCUT2D eigenvalue weighted by atomic mass is 9.95. The van der Waals surface area contributed by atoms with Crippen molar-refractivity contribution in [2.45, 2.75) is 51.1 Å². The van der Waals surface area contributed by atoms with E-state index in [4.69, 9.17) is 9.47 Å². The summed E-state index contributed by atoms with van der Waals surface area (Å²) in [6.45, 7) is 2.53. The van der Waals surface area contributed by atoms with E-state index in [1.165, 1.54) is 12.8 Å². The van der Waals surface area contributed by atoms with Crippen LogP contribution < -0.4 is 14.4 Å². The smallest absolute Gasteiger partial charge is 0.231 e. The lowest BCUT2D eigenvalue weighted by molar-refractivity contribution is -0.138. The minimum Gasteiger partial charge on any atom is -0.454 e. The van der Waals surface area contributed by atoms with Gasteiger partial charge in [-0.3, -0.25) is 9.78 Å². The second-order valence-electron chi connectivity index (χ2n) is 8.44. The van der Waals surface area contributed by atoms with Crippen molar-refractivity contribution in [3.05, 3.63) is 42.4 Å². The molecule has 2 aliphatic heterocycles. The molecule has 0 spiro atoms. The Morgan fingerprint density at radius 2 is 1.97 bits per heavy atom. The molecule has 3 aliphatic rings. The first-order chi connectivity index (χ1) is 14.8. The number of aromatic nitrogens is 2. The molecule has 1 saturated carbocycles. The SMILES string of the molecule is O=C([C@H]1CCCN(c2cnccn2)C1)N(Cc1ccc2c(c1)OCO2)C1CCCC1.